The number of rotatable bonds is 6. The van der Waals surface area contributed by atoms with Crippen molar-refractivity contribution in [3.63, 3.8) is 0 Å². The summed E-state index contributed by atoms with van der Waals surface area (Å²) in [6.07, 6.45) is 9.16. The first kappa shape index (κ1) is 19.4. The topological polar surface area (TPSA) is 51.0 Å². The first-order chi connectivity index (χ1) is 14.2. The molecule has 1 aliphatic rings. The second-order valence-electron chi connectivity index (χ2n) is 7.90. The van der Waals surface area contributed by atoms with Gasteiger partial charge in [0.2, 0.25) is 5.91 Å². The minimum atomic E-state index is 0.273. The SMILES string of the molecule is Cc1cnc(-c2ccncc2)n1CC1CCCN(C(=O)CCc2ccccc2)C1. The third kappa shape index (κ3) is 4.73. The van der Waals surface area contributed by atoms with Gasteiger partial charge in [0, 0.05) is 55.9 Å². The van der Waals surface area contributed by atoms with Crippen molar-refractivity contribution in [2.75, 3.05) is 13.1 Å². The van der Waals surface area contributed by atoms with Crippen LogP contribution in [0.1, 0.15) is 30.5 Å². The van der Waals surface area contributed by atoms with Crippen LogP contribution in [-0.4, -0.2) is 38.4 Å². The molecule has 0 spiro atoms. The summed E-state index contributed by atoms with van der Waals surface area (Å²) in [5.41, 5.74) is 3.47. The van der Waals surface area contributed by atoms with Gasteiger partial charge in [-0.25, -0.2) is 4.98 Å². The van der Waals surface area contributed by atoms with E-state index in [1.807, 2.05) is 36.5 Å². The molecule has 3 aromatic rings. The summed E-state index contributed by atoms with van der Waals surface area (Å²) < 4.78 is 2.29. The van der Waals surface area contributed by atoms with Crippen LogP contribution in [-0.2, 0) is 17.8 Å². The minimum Gasteiger partial charge on any atom is -0.342 e. The summed E-state index contributed by atoms with van der Waals surface area (Å²) in [4.78, 5) is 23.6. The van der Waals surface area contributed by atoms with Crippen LogP contribution in [0.2, 0.25) is 0 Å². The van der Waals surface area contributed by atoms with Crippen molar-refractivity contribution >= 4 is 5.91 Å². The molecule has 1 amide bonds. The van der Waals surface area contributed by atoms with Gasteiger partial charge in [0.25, 0.3) is 0 Å². The molecule has 150 valence electrons. The number of aromatic nitrogens is 3. The highest BCUT2D eigenvalue weighted by Crippen LogP contribution is 2.24. The Hall–Kier alpha value is -2.95. The molecule has 1 atom stereocenters. The van der Waals surface area contributed by atoms with Gasteiger partial charge in [-0.15, -0.1) is 0 Å². The molecule has 1 unspecified atom stereocenters. The monoisotopic (exact) mass is 388 g/mol. The molecular weight excluding hydrogens is 360 g/mol. The van der Waals surface area contributed by atoms with E-state index in [2.05, 4.69) is 38.5 Å². The van der Waals surface area contributed by atoms with Gasteiger partial charge in [0.05, 0.1) is 0 Å². The Balaban J connectivity index is 1.39. The Bertz CT molecular complexity index is 936. The zero-order valence-electron chi connectivity index (χ0n) is 17.0. The minimum absolute atomic E-state index is 0.273. The summed E-state index contributed by atoms with van der Waals surface area (Å²) in [6.45, 7) is 4.71. The van der Waals surface area contributed by atoms with Crippen molar-refractivity contribution in [1.29, 1.82) is 0 Å². The van der Waals surface area contributed by atoms with Crippen molar-refractivity contribution < 1.29 is 4.79 Å². The first-order valence-electron chi connectivity index (χ1n) is 10.4. The fraction of sp³-hybridized carbons (Fsp3) is 0.375. The molecule has 4 rings (SSSR count). The van der Waals surface area contributed by atoms with Crippen molar-refractivity contribution in [3.05, 3.63) is 72.3 Å². The molecule has 5 nitrogen and oxygen atoms in total. The lowest BCUT2D eigenvalue weighted by Crippen LogP contribution is -2.41. The average Bonchev–Trinajstić information content (AvgIpc) is 3.13. The zero-order chi connectivity index (χ0) is 20.1. The van der Waals surface area contributed by atoms with Gasteiger partial charge in [-0.05, 0) is 49.8 Å². The van der Waals surface area contributed by atoms with E-state index >= 15 is 0 Å². The number of aryl methyl sites for hydroxylation is 2. The van der Waals surface area contributed by atoms with E-state index in [-0.39, 0.29) is 5.91 Å². The molecule has 1 fully saturated rings. The maximum absolute atomic E-state index is 12.8. The number of hydrogen-bond donors (Lipinski definition) is 0. The van der Waals surface area contributed by atoms with E-state index in [1.165, 1.54) is 5.56 Å². The molecular formula is C24H28N4O. The van der Waals surface area contributed by atoms with Crippen LogP contribution in [0.3, 0.4) is 0 Å². The standard InChI is InChI=1S/C24H28N4O/c1-19-16-26-24(22-11-13-25-14-12-22)28(19)18-21-8-5-15-27(17-21)23(29)10-9-20-6-3-2-4-7-20/h2-4,6-7,11-14,16,21H,5,8-10,15,17-18H2,1H3. The average molecular weight is 389 g/mol. The molecule has 1 aromatic carbocycles. The van der Waals surface area contributed by atoms with Crippen LogP contribution >= 0.6 is 0 Å². The lowest BCUT2D eigenvalue weighted by molar-refractivity contribution is -0.133. The van der Waals surface area contributed by atoms with Gasteiger partial charge in [-0.1, -0.05) is 30.3 Å². The second kappa shape index (κ2) is 9.03. The summed E-state index contributed by atoms with van der Waals surface area (Å²) in [5, 5.41) is 0. The van der Waals surface area contributed by atoms with Crippen LogP contribution in [0.15, 0.2) is 61.1 Å². The van der Waals surface area contributed by atoms with Gasteiger partial charge >= 0.3 is 0 Å². The number of imidazole rings is 1. The summed E-state index contributed by atoms with van der Waals surface area (Å²) >= 11 is 0. The van der Waals surface area contributed by atoms with Gasteiger partial charge in [-0.2, -0.15) is 0 Å². The van der Waals surface area contributed by atoms with Crippen molar-refractivity contribution in [1.82, 2.24) is 19.4 Å². The van der Waals surface area contributed by atoms with Crippen LogP contribution in [0.5, 0.6) is 0 Å². The molecule has 3 heterocycles. The number of benzene rings is 1. The van der Waals surface area contributed by atoms with E-state index in [1.54, 1.807) is 12.4 Å². The summed E-state index contributed by atoms with van der Waals surface area (Å²) in [5.74, 6) is 1.71. The van der Waals surface area contributed by atoms with Crippen LogP contribution in [0.4, 0.5) is 0 Å². The molecule has 0 saturated carbocycles. The molecule has 29 heavy (non-hydrogen) atoms. The number of nitrogens with zero attached hydrogens (tertiary/aromatic N) is 4. The molecule has 0 aliphatic carbocycles. The van der Waals surface area contributed by atoms with Gasteiger partial charge in [0.15, 0.2) is 0 Å². The van der Waals surface area contributed by atoms with Crippen molar-refractivity contribution in [2.24, 2.45) is 5.92 Å². The summed E-state index contributed by atoms with van der Waals surface area (Å²) in [7, 11) is 0. The van der Waals surface area contributed by atoms with E-state index in [9.17, 15) is 4.79 Å². The fourth-order valence-electron chi connectivity index (χ4n) is 4.18. The van der Waals surface area contributed by atoms with Gasteiger partial charge in [0.1, 0.15) is 5.82 Å². The smallest absolute Gasteiger partial charge is 0.222 e. The van der Waals surface area contributed by atoms with Gasteiger partial charge in [-0.3, -0.25) is 9.78 Å². The van der Waals surface area contributed by atoms with E-state index in [0.29, 0.717) is 12.3 Å². The lowest BCUT2D eigenvalue weighted by Gasteiger charge is -2.33. The highest BCUT2D eigenvalue weighted by atomic mass is 16.2. The Morgan fingerprint density at radius 1 is 1.14 bits per heavy atom. The molecule has 1 saturated heterocycles. The Morgan fingerprint density at radius 2 is 1.93 bits per heavy atom. The lowest BCUT2D eigenvalue weighted by atomic mass is 9.97. The quantitative estimate of drug-likeness (QED) is 0.638. The van der Waals surface area contributed by atoms with Crippen molar-refractivity contribution in [2.45, 2.75) is 39.2 Å². The molecule has 0 radical (unpaired) electrons. The normalized spacial score (nSPS) is 16.7. The Morgan fingerprint density at radius 3 is 2.72 bits per heavy atom. The van der Waals surface area contributed by atoms with Crippen molar-refractivity contribution in [3.8, 4) is 11.4 Å². The molecule has 1 aliphatic heterocycles. The second-order valence-corrected chi connectivity index (χ2v) is 7.90. The predicted octanol–water partition coefficient (Wildman–Crippen LogP) is 4.12. The largest absolute Gasteiger partial charge is 0.342 e. The predicted molar refractivity (Wildman–Crippen MR) is 114 cm³/mol. The number of likely N-dealkylation sites (tertiary alicyclic amines) is 1. The Labute approximate surface area is 172 Å². The van der Waals surface area contributed by atoms with E-state index in [4.69, 9.17) is 0 Å². The highest BCUT2D eigenvalue weighted by molar-refractivity contribution is 5.76. The summed E-state index contributed by atoms with van der Waals surface area (Å²) in [6, 6.07) is 14.3. The number of carbonyl (C=O) groups excluding carboxylic acids is 1. The fourth-order valence-corrected chi connectivity index (χ4v) is 4.18. The van der Waals surface area contributed by atoms with Crippen LogP contribution in [0, 0.1) is 12.8 Å². The van der Waals surface area contributed by atoms with Gasteiger partial charge < -0.3 is 9.47 Å². The van der Waals surface area contributed by atoms with E-state index in [0.717, 1.165) is 56.0 Å². The maximum Gasteiger partial charge on any atom is 0.222 e. The Kier molecular flexibility index (Phi) is 6.03. The van der Waals surface area contributed by atoms with E-state index < -0.39 is 0 Å². The number of piperidine rings is 1. The number of amides is 1. The van der Waals surface area contributed by atoms with Crippen LogP contribution < -0.4 is 0 Å². The number of hydrogen-bond acceptors (Lipinski definition) is 3. The zero-order valence-corrected chi connectivity index (χ0v) is 17.0. The molecule has 5 heteroatoms. The number of carbonyl (C=O) groups is 1. The molecule has 0 N–H and O–H groups in total. The third-order valence-electron chi connectivity index (χ3n) is 5.78. The highest BCUT2D eigenvalue weighted by Gasteiger charge is 2.25. The van der Waals surface area contributed by atoms with Crippen LogP contribution in [0.25, 0.3) is 11.4 Å². The first-order valence-corrected chi connectivity index (χ1v) is 10.4. The third-order valence-corrected chi connectivity index (χ3v) is 5.78. The maximum atomic E-state index is 12.8. The molecule has 2 aromatic heterocycles. The number of pyridine rings is 1. The molecule has 0 bridgehead atoms.